The van der Waals surface area contributed by atoms with E-state index < -0.39 is 5.92 Å². The number of aromatic nitrogens is 1. The molecule has 1 fully saturated rings. The van der Waals surface area contributed by atoms with Crippen LogP contribution in [0.3, 0.4) is 0 Å². The lowest BCUT2D eigenvalue weighted by atomic mass is 10.1. The predicted octanol–water partition coefficient (Wildman–Crippen LogP) is 2.21. The molecule has 154 valence electrons. The number of amides is 3. The summed E-state index contributed by atoms with van der Waals surface area (Å²) in [5.74, 6) is -1.50. The van der Waals surface area contributed by atoms with Crippen molar-refractivity contribution in [3.8, 4) is 0 Å². The van der Waals surface area contributed by atoms with Crippen LogP contribution in [0.15, 0.2) is 54.7 Å². The summed E-state index contributed by atoms with van der Waals surface area (Å²) >= 11 is 0. The Morgan fingerprint density at radius 2 is 1.80 bits per heavy atom. The summed E-state index contributed by atoms with van der Waals surface area (Å²) in [7, 11) is 0. The van der Waals surface area contributed by atoms with Gasteiger partial charge in [0.15, 0.2) is 0 Å². The quantitative estimate of drug-likeness (QED) is 0.546. The number of halogens is 1. The van der Waals surface area contributed by atoms with Crippen molar-refractivity contribution in [1.82, 2.24) is 15.6 Å². The molecular weight excluding hydrogens is 387 g/mol. The van der Waals surface area contributed by atoms with Crippen LogP contribution in [0, 0.1) is 11.7 Å². The van der Waals surface area contributed by atoms with E-state index in [-0.39, 0.29) is 49.6 Å². The van der Waals surface area contributed by atoms with Crippen molar-refractivity contribution in [1.29, 1.82) is 0 Å². The summed E-state index contributed by atoms with van der Waals surface area (Å²) in [5, 5.41) is 6.39. The van der Waals surface area contributed by atoms with E-state index >= 15 is 0 Å². The highest BCUT2D eigenvalue weighted by atomic mass is 19.1. The van der Waals surface area contributed by atoms with Gasteiger partial charge in [-0.15, -0.1) is 0 Å². The minimum atomic E-state index is -0.480. The van der Waals surface area contributed by atoms with Gasteiger partial charge in [0.1, 0.15) is 5.82 Å². The number of nitrogens with one attached hydrogen (secondary N) is 3. The van der Waals surface area contributed by atoms with Crippen molar-refractivity contribution in [3.63, 3.8) is 0 Å². The fourth-order valence-electron chi connectivity index (χ4n) is 3.61. The van der Waals surface area contributed by atoms with Gasteiger partial charge in [0.2, 0.25) is 11.8 Å². The first-order chi connectivity index (χ1) is 14.5. The maximum absolute atomic E-state index is 13.1. The molecule has 1 saturated heterocycles. The van der Waals surface area contributed by atoms with Gasteiger partial charge in [-0.1, -0.05) is 18.2 Å². The lowest BCUT2D eigenvalue weighted by Gasteiger charge is -2.16. The van der Waals surface area contributed by atoms with Gasteiger partial charge < -0.3 is 20.5 Å². The Kier molecular flexibility index (Phi) is 5.47. The molecule has 0 bridgehead atoms. The third kappa shape index (κ3) is 4.03. The summed E-state index contributed by atoms with van der Waals surface area (Å²) in [6.45, 7) is 0.776. The van der Waals surface area contributed by atoms with Crippen molar-refractivity contribution in [2.45, 2.75) is 6.42 Å². The van der Waals surface area contributed by atoms with Crippen LogP contribution in [0.4, 0.5) is 10.1 Å². The minimum Gasteiger partial charge on any atom is -0.360 e. The molecule has 2 aromatic carbocycles. The number of benzene rings is 2. The Morgan fingerprint density at radius 1 is 1.07 bits per heavy atom. The summed E-state index contributed by atoms with van der Waals surface area (Å²) in [4.78, 5) is 41.5. The molecule has 1 unspecified atom stereocenters. The second-order valence-electron chi connectivity index (χ2n) is 7.18. The maximum atomic E-state index is 13.1. The number of fused-ring (bicyclic) bond motifs is 1. The van der Waals surface area contributed by atoms with Gasteiger partial charge >= 0.3 is 0 Å². The summed E-state index contributed by atoms with van der Waals surface area (Å²) in [6.07, 6.45) is 1.76. The topological polar surface area (TPSA) is 94.3 Å². The van der Waals surface area contributed by atoms with E-state index in [1.54, 1.807) is 6.20 Å². The van der Waals surface area contributed by atoms with E-state index in [1.165, 1.54) is 29.2 Å². The smallest absolute Gasteiger partial charge is 0.253 e. The Morgan fingerprint density at radius 3 is 2.60 bits per heavy atom. The Bertz CT molecular complexity index is 1090. The number of hydrogen-bond donors (Lipinski definition) is 3. The van der Waals surface area contributed by atoms with E-state index in [0.29, 0.717) is 11.3 Å². The predicted molar refractivity (Wildman–Crippen MR) is 111 cm³/mol. The van der Waals surface area contributed by atoms with E-state index in [4.69, 9.17) is 0 Å². The second kappa shape index (κ2) is 8.36. The van der Waals surface area contributed by atoms with Crippen LogP contribution in [0.5, 0.6) is 0 Å². The molecule has 1 aromatic heterocycles. The highest BCUT2D eigenvalue weighted by Crippen LogP contribution is 2.25. The average molecular weight is 408 g/mol. The highest BCUT2D eigenvalue weighted by Gasteiger charge is 2.34. The number of rotatable bonds is 6. The van der Waals surface area contributed by atoms with E-state index in [2.05, 4.69) is 15.6 Å². The van der Waals surface area contributed by atoms with Gasteiger partial charge in [0, 0.05) is 48.8 Å². The van der Waals surface area contributed by atoms with Crippen LogP contribution in [0.2, 0.25) is 0 Å². The molecule has 0 spiro atoms. The van der Waals surface area contributed by atoms with Gasteiger partial charge in [-0.05, 0) is 30.3 Å². The molecule has 1 atom stereocenters. The molecule has 0 aliphatic carbocycles. The number of hydrogen-bond acceptors (Lipinski definition) is 3. The fraction of sp³-hybridized carbons (Fsp3) is 0.227. The lowest BCUT2D eigenvalue weighted by molar-refractivity contribution is -0.126. The normalized spacial score (nSPS) is 16.1. The third-order valence-electron chi connectivity index (χ3n) is 5.18. The van der Waals surface area contributed by atoms with Crippen LogP contribution < -0.4 is 15.5 Å². The minimum absolute atomic E-state index is 0.102. The molecule has 4 rings (SSSR count). The molecule has 2 heterocycles. The lowest BCUT2D eigenvalue weighted by Crippen LogP contribution is -2.38. The van der Waals surface area contributed by atoms with Crippen molar-refractivity contribution < 1.29 is 18.8 Å². The van der Waals surface area contributed by atoms with Crippen LogP contribution in [0.1, 0.15) is 16.8 Å². The second-order valence-corrected chi connectivity index (χ2v) is 7.18. The first-order valence-electron chi connectivity index (χ1n) is 9.71. The molecule has 30 heavy (non-hydrogen) atoms. The molecule has 7 nitrogen and oxygen atoms in total. The van der Waals surface area contributed by atoms with Crippen LogP contribution in [-0.2, 0) is 9.59 Å². The van der Waals surface area contributed by atoms with Crippen LogP contribution >= 0.6 is 0 Å². The molecule has 3 amide bonds. The molecule has 1 aliphatic rings. The molecule has 3 N–H and O–H groups in total. The number of aromatic amines is 1. The van der Waals surface area contributed by atoms with Crippen LogP contribution in [0.25, 0.3) is 10.9 Å². The summed E-state index contributed by atoms with van der Waals surface area (Å²) in [5.41, 5.74) is 2.00. The third-order valence-corrected chi connectivity index (χ3v) is 5.18. The van der Waals surface area contributed by atoms with E-state index in [1.807, 2.05) is 24.3 Å². The Balaban J connectivity index is 1.25. The zero-order valence-electron chi connectivity index (χ0n) is 16.2. The highest BCUT2D eigenvalue weighted by molar-refractivity contribution is 6.06. The fourth-order valence-corrected chi connectivity index (χ4v) is 3.61. The van der Waals surface area contributed by atoms with Crippen molar-refractivity contribution in [2.24, 2.45) is 5.92 Å². The number of carbonyl (C=O) groups is 3. The van der Waals surface area contributed by atoms with Gasteiger partial charge in [-0.3, -0.25) is 14.4 Å². The van der Waals surface area contributed by atoms with Crippen molar-refractivity contribution >= 4 is 34.3 Å². The maximum Gasteiger partial charge on any atom is 0.253 e. The number of H-pyrrole nitrogens is 1. The summed E-state index contributed by atoms with van der Waals surface area (Å²) in [6, 6.07) is 13.1. The largest absolute Gasteiger partial charge is 0.360 e. The zero-order valence-corrected chi connectivity index (χ0v) is 16.2. The van der Waals surface area contributed by atoms with Gasteiger partial charge in [-0.2, -0.15) is 0 Å². The molecular formula is C22H21FN4O3. The standard InChI is InChI=1S/C22H21FN4O3/c23-15-5-7-16(8-6-15)27-13-14(11-20(27)28)21(29)24-9-10-25-22(30)18-12-26-19-4-2-1-3-17(18)19/h1-8,12,14,26H,9-11,13H2,(H,24,29)(H,25,30). The van der Waals surface area contributed by atoms with Gasteiger partial charge in [0.05, 0.1) is 11.5 Å². The van der Waals surface area contributed by atoms with E-state index in [9.17, 15) is 18.8 Å². The molecule has 3 aromatic rings. The van der Waals surface area contributed by atoms with E-state index in [0.717, 1.165) is 10.9 Å². The number of carbonyl (C=O) groups excluding carboxylic acids is 3. The van der Waals surface area contributed by atoms with Crippen molar-refractivity contribution in [3.05, 3.63) is 66.1 Å². The van der Waals surface area contributed by atoms with Gasteiger partial charge in [0.25, 0.3) is 5.91 Å². The Hall–Kier alpha value is -3.68. The first kappa shape index (κ1) is 19.6. The summed E-state index contributed by atoms with van der Waals surface area (Å²) < 4.78 is 13.1. The number of para-hydroxylation sites is 1. The van der Waals surface area contributed by atoms with Gasteiger partial charge in [-0.25, -0.2) is 4.39 Å². The van der Waals surface area contributed by atoms with Crippen molar-refractivity contribution in [2.75, 3.05) is 24.5 Å². The zero-order chi connectivity index (χ0) is 21.1. The Labute approximate surface area is 172 Å². The molecule has 1 aliphatic heterocycles. The number of nitrogens with zero attached hydrogens (tertiary/aromatic N) is 1. The van der Waals surface area contributed by atoms with Crippen LogP contribution in [-0.4, -0.2) is 42.3 Å². The average Bonchev–Trinajstić information content (AvgIpc) is 3.35. The monoisotopic (exact) mass is 408 g/mol. The molecule has 0 saturated carbocycles. The number of anilines is 1. The molecule has 8 heteroatoms. The molecule has 0 radical (unpaired) electrons. The first-order valence-corrected chi connectivity index (χ1v) is 9.71. The SMILES string of the molecule is O=C(NCCNC(=O)C1CC(=O)N(c2ccc(F)cc2)C1)c1c[nH]c2ccccc12.